The molecule has 1 aromatic carbocycles. The summed E-state index contributed by atoms with van der Waals surface area (Å²) in [6.07, 6.45) is -4.58. The van der Waals surface area contributed by atoms with Crippen LogP contribution in [0.3, 0.4) is 0 Å². The molecule has 0 aliphatic carbocycles. The standard InChI is InChI=1S/C16H12F3N3O2/c17-16(18,19)12-3-1-2-11(6-12)14(23)9-22-15(24)13-5-4-10(7-20)8-21-13/h1-6,8,14,23H,9H2,(H,22,24). The van der Waals surface area contributed by atoms with Crippen LogP contribution < -0.4 is 5.32 Å². The van der Waals surface area contributed by atoms with E-state index in [4.69, 9.17) is 5.26 Å². The number of nitrogens with zero attached hydrogens (tertiary/aromatic N) is 2. The number of carbonyl (C=O) groups is 1. The summed E-state index contributed by atoms with van der Waals surface area (Å²) in [7, 11) is 0. The van der Waals surface area contributed by atoms with E-state index in [1.807, 2.05) is 6.07 Å². The number of aliphatic hydroxyl groups is 1. The summed E-state index contributed by atoms with van der Waals surface area (Å²) in [6.45, 7) is -0.276. The fourth-order valence-electron chi connectivity index (χ4n) is 1.91. The molecule has 5 nitrogen and oxygen atoms in total. The van der Waals surface area contributed by atoms with Gasteiger partial charge in [0.1, 0.15) is 11.8 Å². The Bertz CT molecular complexity index is 767. The van der Waals surface area contributed by atoms with Gasteiger partial charge in [-0.15, -0.1) is 0 Å². The van der Waals surface area contributed by atoms with Gasteiger partial charge in [-0.05, 0) is 29.8 Å². The van der Waals surface area contributed by atoms with E-state index < -0.39 is 23.8 Å². The summed E-state index contributed by atoms with van der Waals surface area (Å²) >= 11 is 0. The average Bonchev–Trinajstić information content (AvgIpc) is 2.58. The zero-order valence-corrected chi connectivity index (χ0v) is 12.2. The number of carbonyl (C=O) groups excluding carboxylic acids is 1. The predicted molar refractivity (Wildman–Crippen MR) is 77.7 cm³/mol. The number of aromatic nitrogens is 1. The number of amides is 1. The Kier molecular flexibility index (Phi) is 5.16. The minimum Gasteiger partial charge on any atom is -0.387 e. The molecule has 124 valence electrons. The highest BCUT2D eigenvalue weighted by molar-refractivity contribution is 5.92. The van der Waals surface area contributed by atoms with Gasteiger partial charge in [-0.1, -0.05) is 12.1 Å². The van der Waals surface area contributed by atoms with Gasteiger partial charge in [0.05, 0.1) is 17.2 Å². The van der Waals surface area contributed by atoms with Crippen molar-refractivity contribution in [3.63, 3.8) is 0 Å². The maximum absolute atomic E-state index is 12.6. The van der Waals surface area contributed by atoms with E-state index in [0.29, 0.717) is 0 Å². The van der Waals surface area contributed by atoms with Gasteiger partial charge in [-0.25, -0.2) is 4.98 Å². The SMILES string of the molecule is N#Cc1ccc(C(=O)NCC(O)c2cccc(C(F)(F)F)c2)nc1. The van der Waals surface area contributed by atoms with Crippen LogP contribution in [0.4, 0.5) is 13.2 Å². The molecule has 2 rings (SSSR count). The average molecular weight is 335 g/mol. The van der Waals surface area contributed by atoms with Crippen LogP contribution in [0.15, 0.2) is 42.6 Å². The van der Waals surface area contributed by atoms with E-state index >= 15 is 0 Å². The molecule has 1 heterocycles. The largest absolute Gasteiger partial charge is 0.416 e. The lowest BCUT2D eigenvalue weighted by molar-refractivity contribution is -0.137. The highest BCUT2D eigenvalue weighted by Crippen LogP contribution is 2.30. The van der Waals surface area contributed by atoms with Crippen LogP contribution in [0.1, 0.15) is 33.3 Å². The molecule has 24 heavy (non-hydrogen) atoms. The molecule has 0 bridgehead atoms. The third kappa shape index (κ3) is 4.30. The number of hydrogen-bond donors (Lipinski definition) is 2. The van der Waals surface area contributed by atoms with Crippen LogP contribution in [0.5, 0.6) is 0 Å². The van der Waals surface area contributed by atoms with Gasteiger partial charge in [0.15, 0.2) is 0 Å². The summed E-state index contributed by atoms with van der Waals surface area (Å²) in [5.74, 6) is -0.606. The maximum atomic E-state index is 12.6. The highest BCUT2D eigenvalue weighted by Gasteiger charge is 2.30. The summed E-state index contributed by atoms with van der Waals surface area (Å²) < 4.78 is 37.9. The highest BCUT2D eigenvalue weighted by atomic mass is 19.4. The molecule has 1 amide bonds. The lowest BCUT2D eigenvalue weighted by atomic mass is 10.1. The normalized spacial score (nSPS) is 12.3. The van der Waals surface area contributed by atoms with E-state index in [9.17, 15) is 23.1 Å². The third-order valence-corrected chi connectivity index (χ3v) is 3.18. The molecule has 0 fully saturated rings. The van der Waals surface area contributed by atoms with Crippen LogP contribution >= 0.6 is 0 Å². The molecule has 8 heteroatoms. The molecule has 2 N–H and O–H groups in total. The monoisotopic (exact) mass is 335 g/mol. The van der Waals surface area contributed by atoms with Crippen molar-refractivity contribution in [2.24, 2.45) is 0 Å². The molecule has 0 aliphatic rings. The lowest BCUT2D eigenvalue weighted by Gasteiger charge is -2.14. The Morgan fingerprint density at radius 1 is 1.33 bits per heavy atom. The van der Waals surface area contributed by atoms with E-state index in [-0.39, 0.29) is 23.4 Å². The van der Waals surface area contributed by atoms with Crippen LogP contribution in [-0.4, -0.2) is 22.5 Å². The molecule has 0 saturated carbocycles. The number of aliphatic hydroxyl groups excluding tert-OH is 1. The number of nitrogens with one attached hydrogen (secondary N) is 1. The van der Waals surface area contributed by atoms with Gasteiger partial charge in [0.2, 0.25) is 0 Å². The molecule has 0 saturated heterocycles. The van der Waals surface area contributed by atoms with Crippen molar-refractivity contribution in [1.29, 1.82) is 5.26 Å². The number of nitriles is 1. The Hall–Kier alpha value is -2.92. The molecule has 0 aliphatic heterocycles. The zero-order chi connectivity index (χ0) is 17.7. The topological polar surface area (TPSA) is 86.0 Å². The van der Waals surface area contributed by atoms with Crippen molar-refractivity contribution < 1.29 is 23.1 Å². The number of alkyl halides is 3. The molecule has 2 aromatic rings. The first kappa shape index (κ1) is 17.4. The number of hydrogen-bond acceptors (Lipinski definition) is 4. The summed E-state index contributed by atoms with van der Waals surface area (Å²) in [5.41, 5.74) is -0.516. The molecular weight excluding hydrogens is 323 g/mol. The summed E-state index contributed by atoms with van der Waals surface area (Å²) in [5, 5.41) is 21.0. The lowest BCUT2D eigenvalue weighted by Crippen LogP contribution is -2.29. The minimum atomic E-state index is -4.51. The fraction of sp³-hybridized carbons (Fsp3) is 0.188. The van der Waals surface area contributed by atoms with Gasteiger partial charge in [0.25, 0.3) is 5.91 Å². The van der Waals surface area contributed by atoms with Crippen molar-refractivity contribution in [3.8, 4) is 6.07 Å². The van der Waals surface area contributed by atoms with E-state index in [2.05, 4.69) is 10.3 Å². The van der Waals surface area contributed by atoms with Crippen LogP contribution in [-0.2, 0) is 6.18 Å². The first-order valence-corrected chi connectivity index (χ1v) is 6.81. The third-order valence-electron chi connectivity index (χ3n) is 3.18. The van der Waals surface area contributed by atoms with Gasteiger partial charge >= 0.3 is 6.18 Å². The zero-order valence-electron chi connectivity index (χ0n) is 12.2. The van der Waals surface area contributed by atoms with Crippen LogP contribution in [0.25, 0.3) is 0 Å². The Morgan fingerprint density at radius 2 is 2.08 bits per heavy atom. The Labute approximate surface area is 135 Å². The van der Waals surface area contributed by atoms with Crippen LogP contribution in [0, 0.1) is 11.3 Å². The second kappa shape index (κ2) is 7.10. The molecule has 0 spiro atoms. The molecule has 1 atom stereocenters. The van der Waals surface area contributed by atoms with E-state index in [1.54, 1.807) is 0 Å². The van der Waals surface area contributed by atoms with Gasteiger partial charge in [0, 0.05) is 12.7 Å². The van der Waals surface area contributed by atoms with Crippen molar-refractivity contribution in [2.45, 2.75) is 12.3 Å². The van der Waals surface area contributed by atoms with Crippen molar-refractivity contribution in [3.05, 3.63) is 65.0 Å². The number of pyridine rings is 1. The molecule has 0 radical (unpaired) electrons. The summed E-state index contributed by atoms with van der Waals surface area (Å²) in [4.78, 5) is 15.6. The van der Waals surface area contributed by atoms with E-state index in [1.165, 1.54) is 30.5 Å². The van der Waals surface area contributed by atoms with Crippen LogP contribution in [0.2, 0.25) is 0 Å². The number of benzene rings is 1. The quantitative estimate of drug-likeness (QED) is 0.898. The first-order valence-electron chi connectivity index (χ1n) is 6.81. The van der Waals surface area contributed by atoms with Gasteiger partial charge in [-0.2, -0.15) is 18.4 Å². The second-order valence-electron chi connectivity index (χ2n) is 4.89. The first-order chi connectivity index (χ1) is 11.3. The fourth-order valence-corrected chi connectivity index (χ4v) is 1.91. The van der Waals surface area contributed by atoms with Gasteiger partial charge < -0.3 is 10.4 Å². The minimum absolute atomic E-state index is 0.0326. The molecular formula is C16H12F3N3O2. The number of halogens is 3. The molecule has 1 unspecified atom stereocenters. The second-order valence-corrected chi connectivity index (χ2v) is 4.89. The Morgan fingerprint density at radius 3 is 2.67 bits per heavy atom. The smallest absolute Gasteiger partial charge is 0.387 e. The van der Waals surface area contributed by atoms with Crippen molar-refractivity contribution in [1.82, 2.24) is 10.3 Å². The van der Waals surface area contributed by atoms with Gasteiger partial charge in [-0.3, -0.25) is 4.79 Å². The summed E-state index contributed by atoms with van der Waals surface area (Å²) in [6, 6.07) is 8.86. The predicted octanol–water partition coefficient (Wildman–Crippen LogP) is 2.44. The Balaban J connectivity index is 2.01. The maximum Gasteiger partial charge on any atom is 0.416 e. The van der Waals surface area contributed by atoms with Crippen molar-refractivity contribution in [2.75, 3.05) is 6.54 Å². The van der Waals surface area contributed by atoms with Crippen molar-refractivity contribution >= 4 is 5.91 Å². The molecule has 1 aromatic heterocycles. The van der Waals surface area contributed by atoms with E-state index in [0.717, 1.165) is 12.1 Å². The number of rotatable bonds is 4.